The molecule has 1 fully saturated rings. The van der Waals surface area contributed by atoms with E-state index in [2.05, 4.69) is 9.84 Å². The van der Waals surface area contributed by atoms with Crippen molar-refractivity contribution in [3.05, 3.63) is 94.1 Å². The van der Waals surface area contributed by atoms with Crippen LogP contribution in [-0.4, -0.2) is 57.2 Å². The number of benzene rings is 3. The Morgan fingerprint density at radius 3 is 2.16 bits per heavy atom. The van der Waals surface area contributed by atoms with E-state index in [0.29, 0.717) is 58.7 Å². The van der Waals surface area contributed by atoms with Crippen molar-refractivity contribution in [3.8, 4) is 28.4 Å². The predicted octanol–water partition coefficient (Wildman–Crippen LogP) is 7.06. The molecule has 5 rings (SSSR count). The second-order valence-electron chi connectivity index (χ2n) is 9.75. The summed E-state index contributed by atoms with van der Waals surface area (Å²) >= 11 is 12.6. The lowest BCUT2D eigenvalue weighted by molar-refractivity contribution is -0.274. The molecule has 1 aromatic heterocycles. The maximum absolute atomic E-state index is 13.8. The number of ether oxygens (including phenoxy) is 2. The summed E-state index contributed by atoms with van der Waals surface area (Å²) in [6, 6.07) is 18.8. The second kappa shape index (κ2) is 12.6. The lowest BCUT2D eigenvalue weighted by Crippen LogP contribution is -2.42. The van der Waals surface area contributed by atoms with E-state index in [1.807, 2.05) is 0 Å². The zero-order valence-corrected chi connectivity index (χ0v) is 23.9. The Bertz CT molecular complexity index is 1620. The molecule has 0 spiro atoms. The molecule has 1 amide bonds. The van der Waals surface area contributed by atoms with Crippen LogP contribution >= 0.6 is 23.2 Å². The largest absolute Gasteiger partial charge is 0.573 e. The summed E-state index contributed by atoms with van der Waals surface area (Å²) in [5.41, 5.74) is 1.71. The van der Waals surface area contributed by atoms with Crippen LogP contribution in [0.3, 0.4) is 0 Å². The first-order valence-corrected chi connectivity index (χ1v) is 13.9. The molecule has 2 heterocycles. The van der Waals surface area contributed by atoms with Gasteiger partial charge >= 0.3 is 12.3 Å². The molecule has 0 saturated carbocycles. The number of halogens is 5. The maximum atomic E-state index is 13.8. The minimum atomic E-state index is -4.79. The van der Waals surface area contributed by atoms with Gasteiger partial charge in [-0.1, -0.05) is 47.5 Å². The van der Waals surface area contributed by atoms with Crippen LogP contribution in [-0.2, 0) is 11.2 Å². The molecule has 1 N–H and O–H groups in total. The van der Waals surface area contributed by atoms with Gasteiger partial charge in [0.1, 0.15) is 17.6 Å². The molecular formula is C30H24Cl2F3N3O5. The summed E-state index contributed by atoms with van der Waals surface area (Å²) < 4.78 is 48.6. The average Bonchev–Trinajstić information content (AvgIpc) is 3.32. The minimum absolute atomic E-state index is 0.00751. The summed E-state index contributed by atoms with van der Waals surface area (Å²) in [7, 11) is 0. The number of likely N-dealkylation sites (tertiary alicyclic amines) is 1. The van der Waals surface area contributed by atoms with E-state index in [1.165, 1.54) is 28.9 Å². The number of rotatable bonds is 8. The zero-order chi connectivity index (χ0) is 30.7. The van der Waals surface area contributed by atoms with Crippen LogP contribution in [0.15, 0.2) is 72.8 Å². The Morgan fingerprint density at radius 1 is 0.930 bits per heavy atom. The molecule has 0 aliphatic carbocycles. The van der Waals surface area contributed by atoms with E-state index in [9.17, 15) is 27.9 Å². The van der Waals surface area contributed by atoms with Crippen molar-refractivity contribution in [2.75, 3.05) is 13.1 Å². The minimum Gasteiger partial charge on any atom is -0.490 e. The number of amides is 1. The highest BCUT2D eigenvalue weighted by molar-refractivity contribution is 6.32. The van der Waals surface area contributed by atoms with Crippen molar-refractivity contribution in [3.63, 3.8) is 0 Å². The van der Waals surface area contributed by atoms with Gasteiger partial charge in [0.05, 0.1) is 22.8 Å². The molecule has 13 heteroatoms. The highest BCUT2D eigenvalue weighted by Gasteiger charge is 2.33. The van der Waals surface area contributed by atoms with Gasteiger partial charge in [-0.05, 0) is 48.5 Å². The van der Waals surface area contributed by atoms with Crippen LogP contribution in [0, 0.1) is 0 Å². The molecule has 0 unspecified atom stereocenters. The fraction of sp³-hybridized carbons (Fsp3) is 0.233. The van der Waals surface area contributed by atoms with E-state index in [0.717, 1.165) is 0 Å². The predicted molar refractivity (Wildman–Crippen MR) is 153 cm³/mol. The first kappa shape index (κ1) is 30.2. The molecule has 0 atom stereocenters. The number of piperidine rings is 1. The van der Waals surface area contributed by atoms with E-state index in [-0.39, 0.29) is 23.1 Å². The highest BCUT2D eigenvalue weighted by Crippen LogP contribution is 2.34. The average molecular weight is 634 g/mol. The smallest absolute Gasteiger partial charge is 0.490 e. The summed E-state index contributed by atoms with van der Waals surface area (Å²) in [6.45, 7) is 0.584. The fourth-order valence-electron chi connectivity index (χ4n) is 4.88. The maximum Gasteiger partial charge on any atom is 0.573 e. The van der Waals surface area contributed by atoms with Crippen molar-refractivity contribution >= 4 is 35.1 Å². The highest BCUT2D eigenvalue weighted by atomic mass is 35.5. The van der Waals surface area contributed by atoms with Gasteiger partial charge in [0, 0.05) is 42.1 Å². The van der Waals surface area contributed by atoms with Crippen LogP contribution in [0.2, 0.25) is 10.0 Å². The molecule has 1 aliphatic heterocycles. The van der Waals surface area contributed by atoms with Crippen molar-refractivity contribution in [1.82, 2.24) is 14.7 Å². The van der Waals surface area contributed by atoms with Gasteiger partial charge in [-0.25, -0.2) is 4.68 Å². The van der Waals surface area contributed by atoms with Gasteiger partial charge in [0.15, 0.2) is 5.69 Å². The molecule has 0 bridgehead atoms. The van der Waals surface area contributed by atoms with Crippen LogP contribution in [0.5, 0.6) is 11.5 Å². The van der Waals surface area contributed by atoms with Gasteiger partial charge in [-0.3, -0.25) is 9.59 Å². The number of para-hydroxylation sites is 1. The molecule has 43 heavy (non-hydrogen) atoms. The molecular weight excluding hydrogens is 610 g/mol. The number of alkyl halides is 3. The third kappa shape index (κ3) is 7.23. The van der Waals surface area contributed by atoms with Gasteiger partial charge < -0.3 is 19.5 Å². The first-order valence-electron chi connectivity index (χ1n) is 13.1. The number of carbonyl (C=O) groups excluding carboxylic acids is 1. The topological polar surface area (TPSA) is 93.9 Å². The SMILES string of the molecule is O=C(O)Cc1c(C(=O)N2CCC(Oc3ccc(OC(F)(F)F)cc3)CC2)nn(-c2ccccc2Cl)c1-c1ccc(Cl)cc1. The van der Waals surface area contributed by atoms with Gasteiger partial charge in [0.25, 0.3) is 5.91 Å². The standard InChI is InChI=1S/C30H24Cl2F3N3O5/c31-19-7-5-18(6-8-19)28-23(17-26(39)40)27(36-38(28)25-4-2-1-3-24(25)32)29(41)37-15-13-21(14-16-37)42-20-9-11-22(12-10-20)43-30(33,34)35/h1-12,21H,13-17H2,(H,39,40). The Kier molecular flexibility index (Phi) is 8.84. The van der Waals surface area contributed by atoms with Gasteiger partial charge in [0.2, 0.25) is 0 Å². The van der Waals surface area contributed by atoms with E-state index in [4.69, 9.17) is 27.9 Å². The molecule has 3 aromatic carbocycles. The Labute approximate surface area is 254 Å². The van der Waals surface area contributed by atoms with Crippen molar-refractivity contribution in [1.29, 1.82) is 0 Å². The van der Waals surface area contributed by atoms with E-state index >= 15 is 0 Å². The number of nitrogens with zero attached hydrogens (tertiary/aromatic N) is 3. The van der Waals surface area contributed by atoms with Crippen LogP contribution in [0.25, 0.3) is 16.9 Å². The number of carboxylic acid groups (broad SMARTS) is 1. The van der Waals surface area contributed by atoms with Crippen LogP contribution in [0.1, 0.15) is 28.9 Å². The van der Waals surface area contributed by atoms with Crippen molar-refractivity contribution in [2.45, 2.75) is 31.7 Å². The molecule has 1 saturated heterocycles. The zero-order valence-electron chi connectivity index (χ0n) is 22.4. The van der Waals surface area contributed by atoms with Crippen LogP contribution in [0.4, 0.5) is 13.2 Å². The fourth-order valence-corrected chi connectivity index (χ4v) is 5.22. The second-order valence-corrected chi connectivity index (χ2v) is 10.6. The molecule has 4 aromatic rings. The lowest BCUT2D eigenvalue weighted by Gasteiger charge is -2.32. The van der Waals surface area contributed by atoms with E-state index in [1.54, 1.807) is 53.4 Å². The Morgan fingerprint density at radius 2 is 1.56 bits per heavy atom. The molecule has 1 aliphatic rings. The van der Waals surface area contributed by atoms with Crippen molar-refractivity contribution < 1.29 is 37.3 Å². The normalized spacial score (nSPS) is 14.0. The third-order valence-electron chi connectivity index (χ3n) is 6.80. The number of aromatic nitrogens is 2. The first-order chi connectivity index (χ1) is 20.5. The summed E-state index contributed by atoms with van der Waals surface area (Å²) in [5.74, 6) is -1.56. The number of hydrogen-bond acceptors (Lipinski definition) is 5. The quantitative estimate of drug-likeness (QED) is 0.223. The lowest BCUT2D eigenvalue weighted by atomic mass is 10.0. The molecule has 0 radical (unpaired) electrons. The van der Waals surface area contributed by atoms with Gasteiger partial charge in [-0.15, -0.1) is 13.2 Å². The van der Waals surface area contributed by atoms with Gasteiger partial charge in [-0.2, -0.15) is 5.10 Å². The Hall–Kier alpha value is -4.22. The summed E-state index contributed by atoms with van der Waals surface area (Å²) in [4.78, 5) is 27.4. The molecule has 224 valence electrons. The summed E-state index contributed by atoms with van der Waals surface area (Å²) in [6.07, 6.45) is -4.66. The number of aliphatic carboxylic acids is 1. The van der Waals surface area contributed by atoms with E-state index < -0.39 is 24.7 Å². The van der Waals surface area contributed by atoms with Crippen LogP contribution < -0.4 is 9.47 Å². The number of hydrogen-bond donors (Lipinski definition) is 1. The number of carboxylic acids is 1. The monoisotopic (exact) mass is 633 g/mol. The Balaban J connectivity index is 1.39. The number of carbonyl (C=O) groups is 2. The summed E-state index contributed by atoms with van der Waals surface area (Å²) in [5, 5.41) is 15.2. The molecule has 8 nitrogen and oxygen atoms in total. The third-order valence-corrected chi connectivity index (χ3v) is 7.37. The van der Waals surface area contributed by atoms with Crippen molar-refractivity contribution in [2.24, 2.45) is 0 Å².